The van der Waals surface area contributed by atoms with Gasteiger partial charge in [0.2, 0.25) is 5.91 Å². The Kier molecular flexibility index (Phi) is 4.68. The molecule has 0 aliphatic heterocycles. The van der Waals surface area contributed by atoms with E-state index in [1.54, 1.807) is 6.20 Å². The van der Waals surface area contributed by atoms with Crippen LogP contribution in [0.5, 0.6) is 5.75 Å². The van der Waals surface area contributed by atoms with E-state index < -0.39 is 0 Å². The summed E-state index contributed by atoms with van der Waals surface area (Å²) in [5.74, 6) is 1.14. The molecule has 1 amide bonds. The van der Waals surface area contributed by atoms with Crippen molar-refractivity contribution < 1.29 is 9.53 Å². The first kappa shape index (κ1) is 15.0. The summed E-state index contributed by atoms with van der Waals surface area (Å²) < 4.78 is 7.54. The molecule has 0 saturated heterocycles. The molecular formula is C16H19N3O2S. The number of ether oxygens (including phenoxy) is 1. The third-order valence-electron chi connectivity index (χ3n) is 3.35. The van der Waals surface area contributed by atoms with Crippen molar-refractivity contribution in [2.24, 2.45) is 0 Å². The van der Waals surface area contributed by atoms with Crippen LogP contribution < -0.4 is 10.1 Å². The maximum Gasteiger partial charge on any atom is 0.234 e. The number of carbonyl (C=O) groups excluding carboxylic acids is 1. The number of amides is 1. The average molecular weight is 317 g/mol. The smallest absolute Gasteiger partial charge is 0.234 e. The molecule has 2 aromatic rings. The number of rotatable bonds is 7. The van der Waals surface area contributed by atoms with Crippen LogP contribution in [0, 0.1) is 0 Å². The molecule has 0 spiro atoms. The summed E-state index contributed by atoms with van der Waals surface area (Å²) in [6.45, 7) is 2.58. The van der Waals surface area contributed by atoms with E-state index in [9.17, 15) is 4.79 Å². The van der Waals surface area contributed by atoms with Gasteiger partial charge in [0.25, 0.3) is 0 Å². The fourth-order valence-corrected chi connectivity index (χ4v) is 3.00. The van der Waals surface area contributed by atoms with E-state index in [0.717, 1.165) is 16.6 Å². The third-order valence-corrected chi connectivity index (χ3v) is 4.34. The number of hydrogen-bond donors (Lipinski definition) is 1. The minimum Gasteiger partial charge on any atom is -0.494 e. The molecule has 1 aliphatic rings. The molecule has 0 radical (unpaired) electrons. The first-order valence-corrected chi connectivity index (χ1v) is 8.43. The predicted octanol–water partition coefficient (Wildman–Crippen LogP) is 3.35. The van der Waals surface area contributed by atoms with Crippen molar-refractivity contribution >= 4 is 23.4 Å². The summed E-state index contributed by atoms with van der Waals surface area (Å²) >= 11 is 1.48. The van der Waals surface area contributed by atoms with Gasteiger partial charge in [-0.1, -0.05) is 11.8 Å². The molecule has 1 saturated carbocycles. The van der Waals surface area contributed by atoms with Crippen LogP contribution in [-0.2, 0) is 4.79 Å². The Morgan fingerprint density at radius 1 is 1.41 bits per heavy atom. The summed E-state index contributed by atoms with van der Waals surface area (Å²) in [6.07, 6.45) is 6.21. The van der Waals surface area contributed by atoms with Crippen molar-refractivity contribution in [3.63, 3.8) is 0 Å². The highest BCUT2D eigenvalue weighted by molar-refractivity contribution is 7.99. The van der Waals surface area contributed by atoms with Gasteiger partial charge in [-0.3, -0.25) is 4.79 Å². The molecule has 0 atom stereocenters. The standard InChI is InChI=1S/C16H19N3O2S/c1-2-21-14-7-3-12(4-8-14)18-15(20)11-22-16-17-9-10-19(16)13-5-6-13/h3-4,7-10,13H,2,5-6,11H2,1H3,(H,18,20). The summed E-state index contributed by atoms with van der Waals surface area (Å²) in [5, 5.41) is 3.81. The Labute approximate surface area is 134 Å². The van der Waals surface area contributed by atoms with Gasteiger partial charge in [-0.05, 0) is 44.0 Å². The second-order valence-electron chi connectivity index (χ2n) is 5.14. The summed E-state index contributed by atoms with van der Waals surface area (Å²) in [6, 6.07) is 7.98. The lowest BCUT2D eigenvalue weighted by Gasteiger charge is -2.08. The lowest BCUT2D eigenvalue weighted by Crippen LogP contribution is -2.14. The van der Waals surface area contributed by atoms with Gasteiger partial charge in [-0.15, -0.1) is 0 Å². The van der Waals surface area contributed by atoms with Crippen molar-refractivity contribution in [2.45, 2.75) is 31.0 Å². The van der Waals surface area contributed by atoms with Crippen LogP contribution in [0.4, 0.5) is 5.69 Å². The first-order chi connectivity index (χ1) is 10.8. The van der Waals surface area contributed by atoms with Crippen LogP contribution in [0.25, 0.3) is 0 Å². The predicted molar refractivity (Wildman–Crippen MR) is 87.5 cm³/mol. The maximum absolute atomic E-state index is 12.0. The molecule has 3 rings (SSSR count). The van der Waals surface area contributed by atoms with Gasteiger partial charge >= 0.3 is 0 Å². The Morgan fingerprint density at radius 3 is 2.86 bits per heavy atom. The minimum atomic E-state index is -0.0282. The van der Waals surface area contributed by atoms with Crippen LogP contribution in [0.3, 0.4) is 0 Å². The number of nitrogens with zero attached hydrogens (tertiary/aromatic N) is 2. The molecular weight excluding hydrogens is 298 g/mol. The molecule has 6 heteroatoms. The van der Waals surface area contributed by atoms with E-state index >= 15 is 0 Å². The number of thioether (sulfide) groups is 1. The molecule has 22 heavy (non-hydrogen) atoms. The van der Waals surface area contributed by atoms with Gasteiger partial charge in [0.15, 0.2) is 5.16 Å². The minimum absolute atomic E-state index is 0.0282. The summed E-state index contributed by atoms with van der Waals surface area (Å²) in [7, 11) is 0. The van der Waals surface area contributed by atoms with Crippen molar-refractivity contribution in [2.75, 3.05) is 17.7 Å². The van der Waals surface area contributed by atoms with Gasteiger partial charge in [-0.2, -0.15) is 0 Å². The third kappa shape index (κ3) is 3.82. The summed E-state index contributed by atoms with van der Waals surface area (Å²) in [5.41, 5.74) is 0.777. The average Bonchev–Trinajstić information content (AvgIpc) is 3.26. The molecule has 5 nitrogen and oxygen atoms in total. The topological polar surface area (TPSA) is 56.1 Å². The number of imidazole rings is 1. The van der Waals surface area contributed by atoms with Crippen LogP contribution in [0.15, 0.2) is 41.8 Å². The SMILES string of the molecule is CCOc1ccc(NC(=O)CSc2nccn2C2CC2)cc1. The van der Waals surface area contributed by atoms with E-state index in [0.29, 0.717) is 18.4 Å². The van der Waals surface area contributed by atoms with Crippen molar-refractivity contribution in [1.29, 1.82) is 0 Å². The molecule has 1 aromatic carbocycles. The quantitative estimate of drug-likeness (QED) is 0.796. The zero-order valence-electron chi connectivity index (χ0n) is 12.5. The first-order valence-electron chi connectivity index (χ1n) is 7.44. The van der Waals surface area contributed by atoms with Crippen LogP contribution in [-0.4, -0.2) is 27.8 Å². The van der Waals surface area contributed by atoms with Crippen molar-refractivity contribution in [1.82, 2.24) is 9.55 Å². The van der Waals surface area contributed by atoms with E-state index in [1.807, 2.05) is 37.4 Å². The Hall–Kier alpha value is -1.95. The van der Waals surface area contributed by atoms with Gasteiger partial charge < -0.3 is 14.6 Å². The van der Waals surface area contributed by atoms with E-state index in [2.05, 4.69) is 14.9 Å². The van der Waals surface area contributed by atoms with Gasteiger partial charge in [0.1, 0.15) is 5.75 Å². The molecule has 0 unspecified atom stereocenters. The molecule has 1 aromatic heterocycles. The summed E-state index contributed by atoms with van der Waals surface area (Å²) in [4.78, 5) is 16.3. The lowest BCUT2D eigenvalue weighted by molar-refractivity contribution is -0.113. The molecule has 1 fully saturated rings. The second-order valence-corrected chi connectivity index (χ2v) is 6.09. The number of hydrogen-bond acceptors (Lipinski definition) is 4. The molecule has 1 heterocycles. The van der Waals surface area contributed by atoms with E-state index in [4.69, 9.17) is 4.74 Å². The number of benzene rings is 1. The van der Waals surface area contributed by atoms with Gasteiger partial charge in [-0.25, -0.2) is 4.98 Å². The molecule has 1 aliphatic carbocycles. The zero-order chi connectivity index (χ0) is 15.4. The highest BCUT2D eigenvalue weighted by atomic mass is 32.2. The van der Waals surface area contributed by atoms with E-state index in [-0.39, 0.29) is 5.91 Å². The largest absolute Gasteiger partial charge is 0.494 e. The molecule has 0 bridgehead atoms. The Morgan fingerprint density at radius 2 is 2.18 bits per heavy atom. The Bertz CT molecular complexity index is 635. The highest BCUT2D eigenvalue weighted by Gasteiger charge is 2.25. The number of aromatic nitrogens is 2. The van der Waals surface area contributed by atoms with Crippen LogP contribution in [0.1, 0.15) is 25.8 Å². The zero-order valence-corrected chi connectivity index (χ0v) is 13.3. The maximum atomic E-state index is 12.0. The van der Waals surface area contributed by atoms with Crippen molar-refractivity contribution in [3.05, 3.63) is 36.7 Å². The fourth-order valence-electron chi connectivity index (χ4n) is 2.17. The van der Waals surface area contributed by atoms with Crippen molar-refractivity contribution in [3.8, 4) is 5.75 Å². The second kappa shape index (κ2) is 6.87. The fraction of sp³-hybridized carbons (Fsp3) is 0.375. The number of anilines is 1. The molecule has 1 N–H and O–H groups in total. The van der Waals surface area contributed by atoms with Crippen LogP contribution >= 0.6 is 11.8 Å². The molecule has 116 valence electrons. The number of nitrogens with one attached hydrogen (secondary N) is 1. The van der Waals surface area contributed by atoms with Gasteiger partial charge in [0.05, 0.1) is 12.4 Å². The lowest BCUT2D eigenvalue weighted by atomic mass is 10.3. The number of carbonyl (C=O) groups is 1. The highest BCUT2D eigenvalue weighted by Crippen LogP contribution is 2.37. The van der Waals surface area contributed by atoms with E-state index in [1.165, 1.54) is 24.6 Å². The van der Waals surface area contributed by atoms with Gasteiger partial charge in [0, 0.05) is 24.1 Å². The monoisotopic (exact) mass is 317 g/mol. The van der Waals surface area contributed by atoms with Crippen LogP contribution in [0.2, 0.25) is 0 Å². The normalized spacial score (nSPS) is 13.9. The Balaban J connectivity index is 1.50.